The van der Waals surface area contributed by atoms with Gasteiger partial charge in [0.25, 0.3) is 5.91 Å². The van der Waals surface area contributed by atoms with Gasteiger partial charge in [0.05, 0.1) is 18.7 Å². The van der Waals surface area contributed by atoms with Crippen molar-refractivity contribution in [2.45, 2.75) is 19.9 Å². The van der Waals surface area contributed by atoms with Gasteiger partial charge >= 0.3 is 6.03 Å². The molecular formula is C20H20ClN3O4. The molecule has 0 fully saturated rings. The maximum Gasteiger partial charge on any atom is 0.319 e. The highest BCUT2D eigenvalue weighted by atomic mass is 35.5. The number of carbonyl (C=O) groups excluding carboxylic acids is 2. The number of phenolic OH excluding ortho intramolecular Hbond substituents is 1. The molecule has 28 heavy (non-hydrogen) atoms. The Morgan fingerprint density at radius 1 is 1.21 bits per heavy atom. The lowest BCUT2D eigenvalue weighted by atomic mass is 9.94. The van der Waals surface area contributed by atoms with Gasteiger partial charge in [-0.2, -0.15) is 0 Å². The molecule has 0 saturated heterocycles. The largest absolute Gasteiger partial charge is 0.504 e. The molecule has 7 nitrogen and oxygen atoms in total. The fraction of sp³-hybridized carbons (Fsp3) is 0.200. The molecule has 1 atom stereocenters. The SMILES string of the molecule is COc1cc(C2NC(=O)NC(C)=C2C(=O)Nc2ccc(C)c(Cl)c2)ccc1O. The number of rotatable bonds is 4. The molecule has 0 bridgehead atoms. The van der Waals surface area contributed by atoms with Gasteiger partial charge in [0.15, 0.2) is 11.5 Å². The van der Waals surface area contributed by atoms with E-state index in [9.17, 15) is 14.7 Å². The van der Waals surface area contributed by atoms with Gasteiger partial charge in [-0.05, 0) is 49.2 Å². The molecule has 1 unspecified atom stereocenters. The molecule has 0 radical (unpaired) electrons. The van der Waals surface area contributed by atoms with Crippen molar-refractivity contribution in [2.24, 2.45) is 0 Å². The highest BCUT2D eigenvalue weighted by Crippen LogP contribution is 2.34. The highest BCUT2D eigenvalue weighted by molar-refractivity contribution is 6.31. The van der Waals surface area contributed by atoms with Crippen molar-refractivity contribution in [3.8, 4) is 11.5 Å². The summed E-state index contributed by atoms with van der Waals surface area (Å²) in [6, 6.07) is 8.73. The maximum atomic E-state index is 13.0. The van der Waals surface area contributed by atoms with Crippen LogP contribution in [0.5, 0.6) is 11.5 Å². The minimum atomic E-state index is -0.718. The summed E-state index contributed by atoms with van der Waals surface area (Å²) in [7, 11) is 1.43. The maximum absolute atomic E-state index is 13.0. The molecule has 4 N–H and O–H groups in total. The Morgan fingerprint density at radius 3 is 2.64 bits per heavy atom. The van der Waals surface area contributed by atoms with Crippen LogP contribution in [0.2, 0.25) is 5.02 Å². The van der Waals surface area contributed by atoms with Gasteiger partial charge in [0.2, 0.25) is 0 Å². The van der Waals surface area contributed by atoms with E-state index in [2.05, 4.69) is 16.0 Å². The van der Waals surface area contributed by atoms with E-state index in [1.165, 1.54) is 13.2 Å². The smallest absolute Gasteiger partial charge is 0.319 e. The number of urea groups is 1. The van der Waals surface area contributed by atoms with Crippen LogP contribution in [0, 0.1) is 6.92 Å². The van der Waals surface area contributed by atoms with E-state index in [4.69, 9.17) is 16.3 Å². The van der Waals surface area contributed by atoms with Gasteiger partial charge in [-0.15, -0.1) is 0 Å². The van der Waals surface area contributed by atoms with Crippen molar-refractivity contribution in [3.05, 3.63) is 63.8 Å². The normalized spacial score (nSPS) is 16.3. The summed E-state index contributed by atoms with van der Waals surface area (Å²) in [6.45, 7) is 3.52. The number of anilines is 1. The monoisotopic (exact) mass is 401 g/mol. The van der Waals surface area contributed by atoms with Crippen molar-refractivity contribution >= 4 is 29.2 Å². The third-order valence-electron chi connectivity index (χ3n) is 4.48. The van der Waals surface area contributed by atoms with Crippen LogP contribution in [0.25, 0.3) is 0 Å². The number of methoxy groups -OCH3 is 1. The Bertz CT molecular complexity index is 987. The number of hydrogen-bond acceptors (Lipinski definition) is 4. The molecule has 146 valence electrons. The molecule has 8 heteroatoms. The van der Waals surface area contributed by atoms with E-state index in [-0.39, 0.29) is 17.4 Å². The zero-order valence-corrected chi connectivity index (χ0v) is 16.3. The van der Waals surface area contributed by atoms with Gasteiger partial charge in [-0.25, -0.2) is 4.79 Å². The van der Waals surface area contributed by atoms with E-state index in [0.29, 0.717) is 27.5 Å². The van der Waals surface area contributed by atoms with Crippen molar-refractivity contribution < 1.29 is 19.4 Å². The quantitative estimate of drug-likeness (QED) is 0.628. The van der Waals surface area contributed by atoms with Crippen LogP contribution in [-0.2, 0) is 4.79 Å². The number of aromatic hydroxyl groups is 1. The molecule has 2 aromatic carbocycles. The Morgan fingerprint density at radius 2 is 1.96 bits per heavy atom. The Balaban J connectivity index is 1.97. The van der Waals surface area contributed by atoms with Crippen molar-refractivity contribution in [3.63, 3.8) is 0 Å². The minimum Gasteiger partial charge on any atom is -0.504 e. The fourth-order valence-electron chi connectivity index (χ4n) is 2.99. The van der Waals surface area contributed by atoms with Gasteiger partial charge in [0.1, 0.15) is 0 Å². The zero-order valence-electron chi connectivity index (χ0n) is 15.6. The van der Waals surface area contributed by atoms with Crippen LogP contribution in [0.4, 0.5) is 10.5 Å². The Hall–Kier alpha value is -3.19. The third-order valence-corrected chi connectivity index (χ3v) is 4.89. The number of phenols is 1. The van der Waals surface area contributed by atoms with Crippen LogP contribution in [-0.4, -0.2) is 24.2 Å². The fourth-order valence-corrected chi connectivity index (χ4v) is 3.17. The van der Waals surface area contributed by atoms with Crippen LogP contribution < -0.4 is 20.7 Å². The van der Waals surface area contributed by atoms with E-state index < -0.39 is 12.1 Å². The van der Waals surface area contributed by atoms with E-state index in [1.807, 2.05) is 13.0 Å². The summed E-state index contributed by atoms with van der Waals surface area (Å²) in [5, 5.41) is 18.5. The number of ether oxygens (including phenoxy) is 1. The van der Waals surface area contributed by atoms with Crippen molar-refractivity contribution in [1.29, 1.82) is 0 Å². The summed E-state index contributed by atoms with van der Waals surface area (Å²) >= 11 is 6.13. The summed E-state index contributed by atoms with van der Waals surface area (Å²) in [6.07, 6.45) is 0. The first kappa shape index (κ1) is 19.6. The molecule has 1 aliphatic rings. The summed E-state index contributed by atoms with van der Waals surface area (Å²) in [4.78, 5) is 25.0. The lowest BCUT2D eigenvalue weighted by molar-refractivity contribution is -0.113. The van der Waals surface area contributed by atoms with E-state index in [1.54, 1.807) is 31.2 Å². The second-order valence-corrected chi connectivity index (χ2v) is 6.83. The molecule has 3 rings (SSSR count). The molecular weight excluding hydrogens is 382 g/mol. The van der Waals surface area contributed by atoms with Crippen LogP contribution in [0.3, 0.4) is 0 Å². The molecule has 0 aliphatic carbocycles. The lowest BCUT2D eigenvalue weighted by Crippen LogP contribution is -2.45. The standard InChI is InChI=1S/C20H20ClN3O4/c1-10-4-6-13(9-14(10)21)23-19(26)17-11(2)22-20(27)24-18(17)12-5-7-15(25)16(8-12)28-3/h4-9,18,25H,1-3H3,(H,23,26)(H2,22,24,27). The van der Waals surface area contributed by atoms with Crippen molar-refractivity contribution in [2.75, 3.05) is 12.4 Å². The average Bonchev–Trinajstić information content (AvgIpc) is 2.64. The summed E-state index contributed by atoms with van der Waals surface area (Å²) in [5.74, 6) is -0.178. The predicted molar refractivity (Wildman–Crippen MR) is 107 cm³/mol. The van der Waals surface area contributed by atoms with Gasteiger partial charge in [-0.3, -0.25) is 4.79 Å². The number of nitrogens with one attached hydrogen (secondary N) is 3. The van der Waals surface area contributed by atoms with Crippen LogP contribution in [0.1, 0.15) is 24.1 Å². The first-order chi connectivity index (χ1) is 13.3. The first-order valence-electron chi connectivity index (χ1n) is 8.53. The van der Waals surface area contributed by atoms with Gasteiger partial charge in [-0.1, -0.05) is 23.7 Å². The second kappa shape index (κ2) is 7.82. The number of carbonyl (C=O) groups is 2. The van der Waals surface area contributed by atoms with Crippen LogP contribution >= 0.6 is 11.6 Å². The highest BCUT2D eigenvalue weighted by Gasteiger charge is 2.31. The molecule has 0 saturated carbocycles. The van der Waals surface area contributed by atoms with Crippen LogP contribution in [0.15, 0.2) is 47.7 Å². The van der Waals surface area contributed by atoms with E-state index >= 15 is 0 Å². The summed E-state index contributed by atoms with van der Waals surface area (Å²) in [5.41, 5.74) is 2.80. The third kappa shape index (κ3) is 3.89. The average molecular weight is 402 g/mol. The molecule has 0 spiro atoms. The van der Waals surface area contributed by atoms with E-state index in [0.717, 1.165) is 5.56 Å². The predicted octanol–water partition coefficient (Wildman–Crippen LogP) is 3.63. The molecule has 1 aliphatic heterocycles. The van der Waals surface area contributed by atoms with Gasteiger partial charge in [0, 0.05) is 16.4 Å². The Kier molecular flexibility index (Phi) is 5.46. The number of allylic oxidation sites excluding steroid dienone is 1. The number of benzene rings is 2. The number of amides is 3. The molecule has 1 heterocycles. The zero-order chi connectivity index (χ0) is 20.4. The molecule has 2 aromatic rings. The number of aryl methyl sites for hydroxylation is 1. The van der Waals surface area contributed by atoms with Crippen molar-refractivity contribution in [1.82, 2.24) is 10.6 Å². The topological polar surface area (TPSA) is 99.7 Å². The number of hydrogen-bond donors (Lipinski definition) is 4. The minimum absolute atomic E-state index is 0.0347. The summed E-state index contributed by atoms with van der Waals surface area (Å²) < 4.78 is 5.14. The molecule has 3 amide bonds. The lowest BCUT2D eigenvalue weighted by Gasteiger charge is -2.29. The Labute approximate surface area is 167 Å². The first-order valence-corrected chi connectivity index (χ1v) is 8.90. The van der Waals surface area contributed by atoms with Gasteiger partial charge < -0.3 is 25.8 Å². The second-order valence-electron chi connectivity index (χ2n) is 6.42. The number of halogens is 1. The molecule has 0 aromatic heterocycles.